The quantitative estimate of drug-likeness (QED) is 0.869. The molecule has 4 heteroatoms. The summed E-state index contributed by atoms with van der Waals surface area (Å²) in [4.78, 5) is 20.4. The molecular formula is C20H25N3O. The van der Waals surface area contributed by atoms with E-state index in [1.165, 1.54) is 12.0 Å². The summed E-state index contributed by atoms with van der Waals surface area (Å²) in [7, 11) is 3.51. The number of nitrogens with zero attached hydrogens (tertiary/aromatic N) is 3. The minimum Gasteiger partial charge on any atom is -0.356 e. The van der Waals surface area contributed by atoms with Crippen LogP contribution in [0.15, 0.2) is 48.7 Å². The van der Waals surface area contributed by atoms with Gasteiger partial charge in [-0.25, -0.2) is 4.98 Å². The first-order valence-electron chi connectivity index (χ1n) is 8.48. The number of carbonyl (C=O) groups excluding carboxylic acids is 1. The molecule has 0 N–H and O–H groups in total. The van der Waals surface area contributed by atoms with Crippen molar-refractivity contribution in [1.29, 1.82) is 0 Å². The molecule has 24 heavy (non-hydrogen) atoms. The second-order valence-electron chi connectivity index (χ2n) is 7.06. The van der Waals surface area contributed by atoms with Crippen LogP contribution in [0.1, 0.15) is 35.7 Å². The maximum atomic E-state index is 12.0. The van der Waals surface area contributed by atoms with Gasteiger partial charge in [0.25, 0.3) is 5.91 Å². The zero-order valence-corrected chi connectivity index (χ0v) is 14.7. The zero-order chi connectivity index (χ0) is 17.2. The summed E-state index contributed by atoms with van der Waals surface area (Å²) in [5.41, 5.74) is 2.15. The van der Waals surface area contributed by atoms with Gasteiger partial charge in [0, 0.05) is 38.8 Å². The summed E-state index contributed by atoms with van der Waals surface area (Å²) < 4.78 is 0. The van der Waals surface area contributed by atoms with Gasteiger partial charge < -0.3 is 9.80 Å². The molecule has 0 bridgehead atoms. The zero-order valence-electron chi connectivity index (χ0n) is 14.7. The van der Waals surface area contributed by atoms with Crippen LogP contribution in [0.25, 0.3) is 0 Å². The van der Waals surface area contributed by atoms with Crippen molar-refractivity contribution in [2.45, 2.75) is 25.2 Å². The lowest BCUT2D eigenvalue weighted by Gasteiger charge is -2.41. The topological polar surface area (TPSA) is 36.4 Å². The fourth-order valence-corrected chi connectivity index (χ4v) is 3.47. The number of hydrogen-bond acceptors (Lipinski definition) is 3. The number of benzene rings is 1. The number of piperidine rings is 1. The van der Waals surface area contributed by atoms with Gasteiger partial charge in [0.15, 0.2) is 0 Å². The molecule has 1 aromatic carbocycles. The second-order valence-corrected chi connectivity index (χ2v) is 7.06. The van der Waals surface area contributed by atoms with Gasteiger partial charge in [-0.3, -0.25) is 4.79 Å². The Morgan fingerprint density at radius 1 is 1.17 bits per heavy atom. The van der Waals surface area contributed by atoms with Gasteiger partial charge >= 0.3 is 0 Å². The molecule has 0 aliphatic carbocycles. The molecule has 2 aromatic rings. The Morgan fingerprint density at radius 2 is 1.92 bits per heavy atom. The van der Waals surface area contributed by atoms with Gasteiger partial charge in [-0.2, -0.15) is 0 Å². The first kappa shape index (κ1) is 16.5. The number of carbonyl (C=O) groups is 1. The highest BCUT2D eigenvalue weighted by atomic mass is 16.2. The molecule has 0 saturated carbocycles. The monoisotopic (exact) mass is 323 g/mol. The van der Waals surface area contributed by atoms with Crippen molar-refractivity contribution in [2.75, 3.05) is 32.1 Å². The van der Waals surface area contributed by atoms with Crippen molar-refractivity contribution < 1.29 is 4.79 Å². The third-order valence-corrected chi connectivity index (χ3v) is 4.89. The highest BCUT2D eigenvalue weighted by Gasteiger charge is 2.33. The number of amides is 1. The highest BCUT2D eigenvalue weighted by molar-refractivity contribution is 5.93. The van der Waals surface area contributed by atoms with Gasteiger partial charge in [-0.05, 0) is 30.5 Å². The summed E-state index contributed by atoms with van der Waals surface area (Å²) in [6, 6.07) is 14.6. The van der Waals surface area contributed by atoms with E-state index in [2.05, 4.69) is 47.1 Å². The van der Waals surface area contributed by atoms with E-state index in [1.807, 2.05) is 12.1 Å². The van der Waals surface area contributed by atoms with Crippen LogP contribution in [0.4, 0.5) is 5.82 Å². The molecule has 2 heterocycles. The Morgan fingerprint density at radius 3 is 2.54 bits per heavy atom. The Bertz CT molecular complexity index is 697. The number of hydrogen-bond donors (Lipinski definition) is 0. The molecule has 1 aromatic heterocycles. The molecule has 1 aliphatic heterocycles. The predicted octanol–water partition coefficient (Wildman–Crippen LogP) is 3.34. The van der Waals surface area contributed by atoms with Gasteiger partial charge in [-0.1, -0.05) is 37.3 Å². The average Bonchev–Trinajstić information content (AvgIpc) is 2.62. The van der Waals surface area contributed by atoms with E-state index in [1.54, 1.807) is 25.2 Å². The molecule has 0 radical (unpaired) electrons. The van der Waals surface area contributed by atoms with E-state index in [-0.39, 0.29) is 11.3 Å². The third kappa shape index (κ3) is 3.28. The van der Waals surface area contributed by atoms with E-state index in [0.29, 0.717) is 5.56 Å². The largest absolute Gasteiger partial charge is 0.356 e. The Kier molecular flexibility index (Phi) is 4.56. The smallest absolute Gasteiger partial charge is 0.254 e. The molecular weight excluding hydrogens is 298 g/mol. The molecule has 0 spiro atoms. The Hall–Kier alpha value is -2.36. The van der Waals surface area contributed by atoms with Crippen LogP contribution in [0.2, 0.25) is 0 Å². The summed E-state index contributed by atoms with van der Waals surface area (Å²) >= 11 is 0. The van der Waals surface area contributed by atoms with E-state index >= 15 is 0 Å². The molecule has 1 saturated heterocycles. The lowest BCUT2D eigenvalue weighted by molar-refractivity contribution is 0.0827. The molecule has 1 unspecified atom stereocenters. The lowest BCUT2D eigenvalue weighted by atomic mass is 9.76. The molecule has 4 nitrogen and oxygen atoms in total. The first-order chi connectivity index (χ1) is 11.5. The fourth-order valence-electron chi connectivity index (χ4n) is 3.47. The number of pyridine rings is 1. The molecule has 1 atom stereocenters. The van der Waals surface area contributed by atoms with Crippen LogP contribution in [-0.2, 0) is 5.41 Å². The van der Waals surface area contributed by atoms with Crippen molar-refractivity contribution in [3.8, 4) is 0 Å². The molecule has 1 amide bonds. The number of aromatic nitrogens is 1. The maximum Gasteiger partial charge on any atom is 0.254 e. The summed E-state index contributed by atoms with van der Waals surface area (Å²) in [6.07, 6.45) is 4.02. The first-order valence-corrected chi connectivity index (χ1v) is 8.48. The summed E-state index contributed by atoms with van der Waals surface area (Å²) in [5, 5.41) is 0. The highest BCUT2D eigenvalue weighted by Crippen LogP contribution is 2.35. The predicted molar refractivity (Wildman–Crippen MR) is 97.5 cm³/mol. The minimum atomic E-state index is -0.0122. The van der Waals surface area contributed by atoms with E-state index in [4.69, 9.17) is 0 Å². The fraction of sp³-hybridized carbons (Fsp3) is 0.400. The van der Waals surface area contributed by atoms with Crippen LogP contribution in [-0.4, -0.2) is 43.0 Å². The number of anilines is 1. The average molecular weight is 323 g/mol. The summed E-state index contributed by atoms with van der Waals surface area (Å²) in [5.74, 6) is 0.939. The second kappa shape index (κ2) is 6.63. The normalized spacial score (nSPS) is 20.7. The van der Waals surface area contributed by atoms with Crippen LogP contribution in [0.3, 0.4) is 0 Å². The van der Waals surface area contributed by atoms with E-state index in [9.17, 15) is 4.79 Å². The van der Waals surface area contributed by atoms with Crippen molar-refractivity contribution >= 4 is 11.7 Å². The van der Waals surface area contributed by atoms with Crippen molar-refractivity contribution in [3.05, 3.63) is 59.8 Å². The van der Waals surface area contributed by atoms with Gasteiger partial charge in [0.1, 0.15) is 5.82 Å². The van der Waals surface area contributed by atoms with Crippen molar-refractivity contribution in [1.82, 2.24) is 9.88 Å². The minimum absolute atomic E-state index is 0.0122. The van der Waals surface area contributed by atoms with Crippen LogP contribution >= 0.6 is 0 Å². The number of rotatable bonds is 3. The van der Waals surface area contributed by atoms with E-state index in [0.717, 1.165) is 25.3 Å². The standard InChI is InChI=1S/C20H25N3O/c1-20(17-8-5-4-6-9-17)12-7-13-23(15-20)18-11-10-16(14-21-18)19(24)22(2)3/h4-6,8-11,14H,7,12-13,15H2,1-3H3. The SMILES string of the molecule is CN(C)C(=O)c1ccc(N2CCCC(C)(c3ccccc3)C2)nc1. The van der Waals surface area contributed by atoms with Crippen LogP contribution in [0.5, 0.6) is 0 Å². The van der Waals surface area contributed by atoms with Crippen molar-refractivity contribution in [3.63, 3.8) is 0 Å². The van der Waals surface area contributed by atoms with Gasteiger partial charge in [0.2, 0.25) is 0 Å². The van der Waals surface area contributed by atoms with Gasteiger partial charge in [0.05, 0.1) is 5.56 Å². The molecule has 1 fully saturated rings. The Labute approximate surface area is 144 Å². The molecule has 3 rings (SSSR count). The van der Waals surface area contributed by atoms with Crippen molar-refractivity contribution in [2.24, 2.45) is 0 Å². The molecule has 1 aliphatic rings. The van der Waals surface area contributed by atoms with Crippen LogP contribution < -0.4 is 4.90 Å². The third-order valence-electron chi connectivity index (χ3n) is 4.89. The molecule has 126 valence electrons. The lowest BCUT2D eigenvalue weighted by Crippen LogP contribution is -2.44. The Balaban J connectivity index is 1.79. The van der Waals surface area contributed by atoms with Gasteiger partial charge in [-0.15, -0.1) is 0 Å². The summed E-state index contributed by atoms with van der Waals surface area (Å²) in [6.45, 7) is 4.29. The van der Waals surface area contributed by atoms with Crippen LogP contribution in [0, 0.1) is 0 Å². The maximum absolute atomic E-state index is 12.0. The van der Waals surface area contributed by atoms with E-state index < -0.39 is 0 Å².